The summed E-state index contributed by atoms with van der Waals surface area (Å²) in [5, 5.41) is 5.58. The Balaban J connectivity index is 3.88. The summed E-state index contributed by atoms with van der Waals surface area (Å²) in [6.07, 6.45) is 1.92. The summed E-state index contributed by atoms with van der Waals surface area (Å²) in [7, 11) is 0. The normalized spacial score (nSPS) is 13.5. The third-order valence-electron chi connectivity index (χ3n) is 3.37. The second-order valence-corrected chi connectivity index (χ2v) is 5.38. The van der Waals surface area contributed by atoms with Crippen LogP contribution in [0.1, 0.15) is 40.5 Å². The van der Waals surface area contributed by atoms with E-state index in [2.05, 4.69) is 10.6 Å². The van der Waals surface area contributed by atoms with E-state index in [4.69, 9.17) is 9.47 Å². The Morgan fingerprint density at radius 2 is 1.14 bits per heavy atom. The molecule has 6 nitrogen and oxygen atoms in total. The van der Waals surface area contributed by atoms with Crippen molar-refractivity contribution in [1.29, 1.82) is 0 Å². The van der Waals surface area contributed by atoms with Gasteiger partial charge in [-0.15, -0.1) is 0 Å². The minimum absolute atomic E-state index is 0.120. The highest BCUT2D eigenvalue weighted by Crippen LogP contribution is 2.11. The first-order valence-corrected chi connectivity index (χ1v) is 8.25. The number of carbonyl (C=O) groups excluding carboxylic acids is 2. The van der Waals surface area contributed by atoms with Gasteiger partial charge < -0.3 is 20.1 Å². The highest BCUT2D eigenvalue weighted by molar-refractivity contribution is 5.87. The lowest BCUT2D eigenvalue weighted by Gasteiger charge is -2.19. The van der Waals surface area contributed by atoms with Crippen molar-refractivity contribution in [2.24, 2.45) is 11.8 Å². The van der Waals surface area contributed by atoms with E-state index in [1.165, 1.54) is 0 Å². The number of carbonyl (C=O) groups is 2. The van der Waals surface area contributed by atoms with Crippen molar-refractivity contribution in [1.82, 2.24) is 10.6 Å². The molecule has 2 amide bonds. The van der Waals surface area contributed by atoms with Gasteiger partial charge in [0.1, 0.15) is 0 Å². The van der Waals surface area contributed by atoms with Crippen LogP contribution in [0.2, 0.25) is 0 Å². The number of hydrogen-bond acceptors (Lipinski definition) is 4. The highest BCUT2D eigenvalue weighted by Gasteiger charge is 2.25. The Bertz CT molecular complexity index is 281. The van der Waals surface area contributed by atoms with Crippen molar-refractivity contribution in [3.63, 3.8) is 0 Å². The number of amides is 2. The highest BCUT2D eigenvalue weighted by atomic mass is 16.5. The predicted octanol–water partition coefficient (Wildman–Crippen LogP) is 1.34. The van der Waals surface area contributed by atoms with Crippen LogP contribution in [0.3, 0.4) is 0 Å². The van der Waals surface area contributed by atoms with Crippen LogP contribution >= 0.6 is 0 Å². The zero-order valence-corrected chi connectivity index (χ0v) is 14.4. The molecule has 0 fully saturated rings. The first kappa shape index (κ1) is 20.9. The van der Waals surface area contributed by atoms with Crippen LogP contribution in [0.4, 0.5) is 0 Å². The van der Waals surface area contributed by atoms with Gasteiger partial charge in [0.2, 0.25) is 11.8 Å². The summed E-state index contributed by atoms with van der Waals surface area (Å²) in [4.78, 5) is 23.9. The third-order valence-corrected chi connectivity index (χ3v) is 3.37. The van der Waals surface area contributed by atoms with E-state index in [0.717, 1.165) is 12.8 Å². The Morgan fingerprint density at radius 3 is 1.45 bits per heavy atom. The van der Waals surface area contributed by atoms with Gasteiger partial charge in [-0.1, -0.05) is 27.7 Å². The third kappa shape index (κ3) is 9.73. The van der Waals surface area contributed by atoms with Crippen LogP contribution < -0.4 is 10.6 Å². The van der Waals surface area contributed by atoms with Gasteiger partial charge in [0, 0.05) is 38.1 Å². The molecule has 0 aromatic heterocycles. The van der Waals surface area contributed by atoms with Gasteiger partial charge in [-0.3, -0.25) is 9.59 Å². The largest absolute Gasteiger partial charge is 0.380 e. The van der Waals surface area contributed by atoms with E-state index in [1.807, 2.05) is 13.8 Å². The molecule has 2 atom stereocenters. The number of rotatable bonds is 13. The summed E-state index contributed by atoms with van der Waals surface area (Å²) in [6, 6.07) is 0. The SMILES string of the molecule is CCCOCCNC(=O)C(C)C(C)C(=O)NCCOCCC. The van der Waals surface area contributed by atoms with E-state index < -0.39 is 0 Å². The number of ether oxygens (including phenoxy) is 2. The van der Waals surface area contributed by atoms with Crippen molar-refractivity contribution in [3.05, 3.63) is 0 Å². The maximum absolute atomic E-state index is 12.0. The molecule has 0 rings (SSSR count). The molecule has 0 saturated heterocycles. The van der Waals surface area contributed by atoms with Gasteiger partial charge in [0.15, 0.2) is 0 Å². The zero-order chi connectivity index (χ0) is 16.8. The fraction of sp³-hybridized carbons (Fsp3) is 0.875. The first-order chi connectivity index (χ1) is 10.5. The number of nitrogens with one attached hydrogen (secondary N) is 2. The van der Waals surface area contributed by atoms with Gasteiger partial charge in [-0.25, -0.2) is 0 Å². The molecule has 0 aromatic rings. The predicted molar refractivity (Wildman–Crippen MR) is 86.6 cm³/mol. The van der Waals surface area contributed by atoms with Crippen molar-refractivity contribution in [2.45, 2.75) is 40.5 Å². The molecular formula is C16H32N2O4. The Hall–Kier alpha value is -1.14. The molecule has 0 aromatic carbocycles. The van der Waals surface area contributed by atoms with Crippen molar-refractivity contribution in [2.75, 3.05) is 39.5 Å². The molecule has 0 aliphatic carbocycles. The minimum Gasteiger partial charge on any atom is -0.380 e. The van der Waals surface area contributed by atoms with Crippen LogP contribution in [-0.2, 0) is 19.1 Å². The summed E-state index contributed by atoms with van der Waals surface area (Å²) >= 11 is 0. The van der Waals surface area contributed by atoms with Crippen LogP contribution in [-0.4, -0.2) is 51.3 Å². The molecule has 0 bridgehead atoms. The van der Waals surface area contributed by atoms with Crippen LogP contribution in [0.25, 0.3) is 0 Å². The van der Waals surface area contributed by atoms with E-state index in [0.29, 0.717) is 39.5 Å². The Morgan fingerprint density at radius 1 is 0.773 bits per heavy atom. The maximum Gasteiger partial charge on any atom is 0.223 e. The lowest BCUT2D eigenvalue weighted by molar-refractivity contribution is -0.133. The fourth-order valence-corrected chi connectivity index (χ4v) is 1.76. The average Bonchev–Trinajstić information content (AvgIpc) is 2.52. The average molecular weight is 316 g/mol. The standard InChI is InChI=1S/C16H32N2O4/c1-5-9-21-11-7-17-15(19)13(3)14(4)16(20)18-8-12-22-10-6-2/h13-14H,5-12H2,1-4H3,(H,17,19)(H,18,20). The molecule has 0 spiro atoms. The van der Waals surface area contributed by atoms with Gasteiger partial charge in [-0.2, -0.15) is 0 Å². The van der Waals surface area contributed by atoms with Gasteiger partial charge in [-0.05, 0) is 12.8 Å². The lowest BCUT2D eigenvalue weighted by Crippen LogP contribution is -2.41. The summed E-state index contributed by atoms with van der Waals surface area (Å²) in [5.41, 5.74) is 0. The number of hydrogen-bond donors (Lipinski definition) is 2. The van der Waals surface area contributed by atoms with E-state index in [9.17, 15) is 9.59 Å². The zero-order valence-electron chi connectivity index (χ0n) is 14.4. The molecular weight excluding hydrogens is 284 g/mol. The van der Waals surface area contributed by atoms with Crippen LogP contribution in [0, 0.1) is 11.8 Å². The van der Waals surface area contributed by atoms with Gasteiger partial charge in [0.25, 0.3) is 0 Å². The van der Waals surface area contributed by atoms with Crippen molar-refractivity contribution < 1.29 is 19.1 Å². The first-order valence-electron chi connectivity index (χ1n) is 8.25. The lowest BCUT2D eigenvalue weighted by atomic mass is 9.94. The van der Waals surface area contributed by atoms with Crippen LogP contribution in [0.15, 0.2) is 0 Å². The maximum atomic E-state index is 12.0. The molecule has 6 heteroatoms. The molecule has 0 radical (unpaired) electrons. The van der Waals surface area contributed by atoms with Crippen molar-refractivity contribution in [3.8, 4) is 0 Å². The molecule has 130 valence electrons. The van der Waals surface area contributed by atoms with E-state index in [1.54, 1.807) is 13.8 Å². The van der Waals surface area contributed by atoms with E-state index in [-0.39, 0.29) is 23.7 Å². The smallest absolute Gasteiger partial charge is 0.223 e. The molecule has 0 aliphatic heterocycles. The summed E-state index contributed by atoms with van der Waals surface area (Å²) < 4.78 is 10.6. The van der Waals surface area contributed by atoms with Crippen LogP contribution in [0.5, 0.6) is 0 Å². The molecule has 0 aliphatic rings. The fourth-order valence-electron chi connectivity index (χ4n) is 1.76. The summed E-state index contributed by atoms with van der Waals surface area (Å²) in [6.45, 7) is 10.9. The second-order valence-electron chi connectivity index (χ2n) is 5.38. The van der Waals surface area contributed by atoms with Gasteiger partial charge in [0.05, 0.1) is 13.2 Å². The minimum atomic E-state index is -0.372. The Labute approximate surface area is 134 Å². The summed E-state index contributed by atoms with van der Waals surface area (Å²) in [5.74, 6) is -0.986. The molecule has 2 N–H and O–H groups in total. The van der Waals surface area contributed by atoms with Crippen molar-refractivity contribution >= 4 is 11.8 Å². The molecule has 2 unspecified atom stereocenters. The Kier molecular flexibility index (Phi) is 12.8. The quantitative estimate of drug-likeness (QED) is 0.503. The van der Waals surface area contributed by atoms with Gasteiger partial charge >= 0.3 is 0 Å². The topological polar surface area (TPSA) is 76.7 Å². The second kappa shape index (κ2) is 13.5. The molecule has 22 heavy (non-hydrogen) atoms. The molecule has 0 saturated carbocycles. The monoisotopic (exact) mass is 316 g/mol. The van der Waals surface area contributed by atoms with E-state index >= 15 is 0 Å². The molecule has 0 heterocycles.